The van der Waals surface area contributed by atoms with E-state index in [2.05, 4.69) is 23.0 Å². The first kappa shape index (κ1) is 17.1. The Hall–Kier alpha value is -3.02. The lowest BCUT2D eigenvalue weighted by Gasteiger charge is -2.17. The number of rotatable bonds is 2. The van der Waals surface area contributed by atoms with Gasteiger partial charge in [0.1, 0.15) is 0 Å². The summed E-state index contributed by atoms with van der Waals surface area (Å²) in [6.07, 6.45) is 9.48. The van der Waals surface area contributed by atoms with Gasteiger partial charge in [-0.05, 0) is 44.4 Å². The molecule has 28 heavy (non-hydrogen) atoms. The summed E-state index contributed by atoms with van der Waals surface area (Å²) >= 11 is 0. The van der Waals surface area contributed by atoms with Gasteiger partial charge in [-0.2, -0.15) is 9.50 Å². The lowest BCUT2D eigenvalue weighted by atomic mass is 9.89. The van der Waals surface area contributed by atoms with Crippen molar-refractivity contribution in [3.8, 4) is 5.69 Å². The minimum atomic E-state index is -0.0893. The van der Waals surface area contributed by atoms with Gasteiger partial charge in [0, 0.05) is 18.3 Å². The van der Waals surface area contributed by atoms with E-state index in [0.717, 1.165) is 35.4 Å². The Kier molecular flexibility index (Phi) is 4.00. The maximum absolute atomic E-state index is 13.2. The molecule has 1 saturated carbocycles. The van der Waals surface area contributed by atoms with Crippen LogP contribution in [-0.4, -0.2) is 24.1 Å². The summed E-state index contributed by atoms with van der Waals surface area (Å²) in [7, 11) is 0. The van der Waals surface area contributed by atoms with Crippen LogP contribution in [0.15, 0.2) is 41.5 Å². The van der Waals surface area contributed by atoms with Gasteiger partial charge >= 0.3 is 0 Å². The molecule has 0 spiro atoms. The highest BCUT2D eigenvalue weighted by Crippen LogP contribution is 2.31. The van der Waals surface area contributed by atoms with E-state index in [4.69, 9.17) is 5.10 Å². The van der Waals surface area contributed by atoms with Crippen molar-refractivity contribution in [2.45, 2.75) is 51.9 Å². The minimum Gasteiger partial charge on any atom is -0.283 e. The number of hydrogen-bond acceptors (Lipinski definition) is 4. The highest BCUT2D eigenvalue weighted by molar-refractivity contribution is 5.79. The van der Waals surface area contributed by atoms with Crippen LogP contribution >= 0.6 is 0 Å². The van der Waals surface area contributed by atoms with Crippen molar-refractivity contribution in [2.24, 2.45) is 0 Å². The van der Waals surface area contributed by atoms with Crippen molar-refractivity contribution >= 4 is 16.7 Å². The fourth-order valence-electron chi connectivity index (χ4n) is 4.33. The van der Waals surface area contributed by atoms with Gasteiger partial charge in [-0.15, -0.1) is 5.10 Å². The van der Waals surface area contributed by atoms with E-state index in [9.17, 15) is 4.79 Å². The fraction of sp³-hybridized carbons (Fsp3) is 0.364. The third-order valence-corrected chi connectivity index (χ3v) is 5.83. The first-order valence-corrected chi connectivity index (χ1v) is 9.96. The first-order valence-electron chi connectivity index (χ1n) is 9.96. The topological polar surface area (TPSA) is 65.1 Å². The van der Waals surface area contributed by atoms with Gasteiger partial charge in [0.25, 0.3) is 11.3 Å². The van der Waals surface area contributed by atoms with Gasteiger partial charge < -0.3 is 0 Å². The molecule has 1 aliphatic carbocycles. The van der Waals surface area contributed by atoms with Crippen LogP contribution < -0.4 is 5.56 Å². The SMILES string of the molecule is Cc1ccc(-n2ccc3c(cnc4nc(C5CCCCC5)nn43)c2=O)c(C)c1. The molecule has 0 saturated heterocycles. The standard InChI is InChI=1S/C22H23N5O/c1-14-8-9-18(15(2)12-14)26-11-10-19-17(21(26)28)13-23-22-24-20(25-27(19)22)16-6-4-3-5-7-16/h8-13,16H,3-7H2,1-2H3. The summed E-state index contributed by atoms with van der Waals surface area (Å²) in [4.78, 5) is 22.3. The number of aryl methyl sites for hydroxylation is 2. The molecule has 142 valence electrons. The van der Waals surface area contributed by atoms with Gasteiger partial charge in [-0.3, -0.25) is 9.36 Å². The molecule has 0 amide bonds. The van der Waals surface area contributed by atoms with Gasteiger partial charge in [0.15, 0.2) is 5.82 Å². The molecule has 4 aromatic rings. The van der Waals surface area contributed by atoms with Crippen LogP contribution in [0.5, 0.6) is 0 Å². The molecule has 6 heteroatoms. The van der Waals surface area contributed by atoms with Crippen molar-refractivity contribution in [2.75, 3.05) is 0 Å². The largest absolute Gasteiger partial charge is 0.283 e. The molecule has 6 nitrogen and oxygen atoms in total. The molecule has 0 bridgehead atoms. The lowest BCUT2D eigenvalue weighted by molar-refractivity contribution is 0.429. The number of aromatic nitrogens is 5. The average molecular weight is 373 g/mol. The zero-order chi connectivity index (χ0) is 19.3. The Bertz CT molecular complexity index is 1250. The molecule has 0 aliphatic heterocycles. The first-order chi connectivity index (χ1) is 13.6. The van der Waals surface area contributed by atoms with E-state index in [1.54, 1.807) is 15.3 Å². The Balaban J connectivity index is 1.67. The van der Waals surface area contributed by atoms with E-state index < -0.39 is 0 Å². The highest BCUT2D eigenvalue weighted by atomic mass is 16.1. The Labute approximate surface area is 162 Å². The predicted molar refractivity (Wildman–Crippen MR) is 109 cm³/mol. The summed E-state index contributed by atoms with van der Waals surface area (Å²) in [5.41, 5.74) is 3.80. The Morgan fingerprint density at radius 3 is 2.68 bits per heavy atom. The molecular weight excluding hydrogens is 350 g/mol. The van der Waals surface area contributed by atoms with E-state index in [1.807, 2.05) is 31.3 Å². The summed E-state index contributed by atoms with van der Waals surface area (Å²) in [5, 5.41) is 5.28. The summed E-state index contributed by atoms with van der Waals surface area (Å²) < 4.78 is 3.41. The third-order valence-electron chi connectivity index (χ3n) is 5.83. The van der Waals surface area contributed by atoms with E-state index in [-0.39, 0.29) is 5.56 Å². The molecule has 3 aromatic heterocycles. The molecular formula is C22H23N5O. The molecule has 0 unspecified atom stereocenters. The molecule has 0 atom stereocenters. The number of fused-ring (bicyclic) bond motifs is 3. The lowest BCUT2D eigenvalue weighted by Crippen LogP contribution is -2.19. The average Bonchev–Trinajstić information content (AvgIpc) is 3.14. The molecule has 1 fully saturated rings. The van der Waals surface area contributed by atoms with Crippen molar-refractivity contribution in [3.63, 3.8) is 0 Å². The Morgan fingerprint density at radius 1 is 1.07 bits per heavy atom. The normalized spacial score (nSPS) is 15.5. The van der Waals surface area contributed by atoms with Gasteiger partial charge in [-0.1, -0.05) is 37.0 Å². The quantitative estimate of drug-likeness (QED) is 0.531. The van der Waals surface area contributed by atoms with Gasteiger partial charge in [0.2, 0.25) is 0 Å². The molecule has 1 aromatic carbocycles. The van der Waals surface area contributed by atoms with Crippen molar-refractivity contribution in [1.82, 2.24) is 24.1 Å². The maximum Gasteiger partial charge on any atom is 0.266 e. The second-order valence-corrected chi connectivity index (χ2v) is 7.85. The zero-order valence-electron chi connectivity index (χ0n) is 16.2. The summed E-state index contributed by atoms with van der Waals surface area (Å²) in [5.74, 6) is 1.83. The van der Waals surface area contributed by atoms with Crippen LogP contribution in [0.25, 0.3) is 22.4 Å². The Morgan fingerprint density at radius 2 is 1.89 bits per heavy atom. The van der Waals surface area contributed by atoms with Crippen molar-refractivity contribution in [1.29, 1.82) is 0 Å². The van der Waals surface area contributed by atoms with Crippen LogP contribution in [0, 0.1) is 13.8 Å². The number of benzene rings is 1. The molecule has 0 radical (unpaired) electrons. The van der Waals surface area contributed by atoms with Crippen LogP contribution in [0.1, 0.15) is 55.0 Å². The smallest absolute Gasteiger partial charge is 0.266 e. The van der Waals surface area contributed by atoms with Crippen molar-refractivity contribution < 1.29 is 0 Å². The molecule has 3 heterocycles. The van der Waals surface area contributed by atoms with E-state index in [0.29, 0.717) is 17.1 Å². The monoisotopic (exact) mass is 373 g/mol. The van der Waals surface area contributed by atoms with Gasteiger partial charge in [0.05, 0.1) is 16.6 Å². The van der Waals surface area contributed by atoms with E-state index in [1.165, 1.54) is 24.8 Å². The summed E-state index contributed by atoms with van der Waals surface area (Å²) in [6, 6.07) is 8.03. The number of nitrogens with zero attached hydrogens (tertiary/aromatic N) is 5. The van der Waals surface area contributed by atoms with Crippen LogP contribution in [-0.2, 0) is 0 Å². The second kappa shape index (κ2) is 6.55. The van der Waals surface area contributed by atoms with Crippen molar-refractivity contribution in [3.05, 3.63) is 64.0 Å². The van der Waals surface area contributed by atoms with Gasteiger partial charge in [-0.25, -0.2) is 4.98 Å². The van der Waals surface area contributed by atoms with E-state index >= 15 is 0 Å². The zero-order valence-corrected chi connectivity index (χ0v) is 16.2. The highest BCUT2D eigenvalue weighted by Gasteiger charge is 2.21. The van der Waals surface area contributed by atoms with Crippen LogP contribution in [0.4, 0.5) is 0 Å². The molecule has 5 rings (SSSR count). The maximum atomic E-state index is 13.2. The fourth-order valence-corrected chi connectivity index (χ4v) is 4.33. The number of hydrogen-bond donors (Lipinski definition) is 0. The van der Waals surface area contributed by atoms with Crippen LogP contribution in [0.3, 0.4) is 0 Å². The molecule has 0 N–H and O–H groups in total. The minimum absolute atomic E-state index is 0.0893. The predicted octanol–water partition coefficient (Wildman–Crippen LogP) is 4.09. The second-order valence-electron chi connectivity index (χ2n) is 7.85. The summed E-state index contributed by atoms with van der Waals surface area (Å²) in [6.45, 7) is 4.07. The molecule has 1 aliphatic rings. The number of pyridine rings is 1. The van der Waals surface area contributed by atoms with Crippen LogP contribution in [0.2, 0.25) is 0 Å². The third kappa shape index (κ3) is 2.71.